The van der Waals surface area contributed by atoms with Crippen molar-refractivity contribution in [1.82, 2.24) is 0 Å². The van der Waals surface area contributed by atoms with Crippen molar-refractivity contribution in [2.45, 2.75) is 20.8 Å². The summed E-state index contributed by atoms with van der Waals surface area (Å²) in [6.45, 7) is 5.76. The normalized spacial score (nSPS) is 10.7. The number of aromatic hydroxyl groups is 3. The molecule has 0 spiro atoms. The van der Waals surface area contributed by atoms with Crippen LogP contribution in [0.2, 0.25) is 0 Å². The molecule has 10 nitrogen and oxygen atoms in total. The molecule has 0 amide bonds. The lowest BCUT2D eigenvalue weighted by Gasteiger charge is -2.05. The number of nitrogens with one attached hydrogen (secondary N) is 3. The second-order valence-electron chi connectivity index (χ2n) is 12.8. The van der Waals surface area contributed by atoms with Crippen LogP contribution in [0.5, 0.6) is 23.0 Å². The molecule has 0 atom stereocenters. The van der Waals surface area contributed by atoms with Crippen molar-refractivity contribution in [3.8, 4) is 23.0 Å². The van der Waals surface area contributed by atoms with Gasteiger partial charge in [0.1, 0.15) is 28.8 Å². The third-order valence-corrected chi connectivity index (χ3v) is 9.01. The van der Waals surface area contributed by atoms with Gasteiger partial charge in [0.05, 0.1) is 29.0 Å². The van der Waals surface area contributed by atoms with Crippen LogP contribution in [0, 0.1) is 26.6 Å². The number of carbonyl (C=O) groups is 3. The molecule has 5 aromatic carbocycles. The van der Waals surface area contributed by atoms with Gasteiger partial charge in [-0.05, 0) is 122 Å². The van der Waals surface area contributed by atoms with Gasteiger partial charge in [-0.3, -0.25) is 14.4 Å². The van der Waals surface area contributed by atoms with E-state index in [2.05, 4.69) is 16.0 Å². The van der Waals surface area contributed by atoms with E-state index in [4.69, 9.17) is 4.74 Å². The molecule has 302 valence electrons. The Hall–Kier alpha value is -7.44. The van der Waals surface area contributed by atoms with Gasteiger partial charge in [-0.2, -0.15) is 0 Å². The van der Waals surface area contributed by atoms with Crippen LogP contribution in [0.25, 0.3) is 0 Å². The number of rotatable bonds is 13. The van der Waals surface area contributed by atoms with Crippen LogP contribution in [0.15, 0.2) is 157 Å². The van der Waals surface area contributed by atoms with Crippen LogP contribution in [0.4, 0.5) is 21.5 Å². The van der Waals surface area contributed by atoms with Gasteiger partial charge in [-0.1, -0.05) is 36.4 Å². The lowest BCUT2D eigenvalue weighted by atomic mass is 10.1. The highest BCUT2D eigenvalue weighted by molar-refractivity contribution is 7.12. The maximum atomic E-state index is 12.7. The van der Waals surface area contributed by atoms with Crippen LogP contribution >= 0.6 is 11.3 Å². The highest BCUT2D eigenvalue weighted by atomic mass is 32.1. The summed E-state index contributed by atoms with van der Waals surface area (Å²) in [5, 5.41) is 39.4. The molecule has 0 radical (unpaired) electrons. The molecule has 0 unspecified atom stereocenters. The van der Waals surface area contributed by atoms with Crippen molar-refractivity contribution in [3.63, 3.8) is 0 Å². The van der Waals surface area contributed by atoms with Crippen molar-refractivity contribution in [1.29, 1.82) is 0 Å². The van der Waals surface area contributed by atoms with Gasteiger partial charge in [0.25, 0.3) is 0 Å². The Morgan fingerprint density at radius 2 is 1.02 bits per heavy atom. The average Bonchev–Trinajstić information content (AvgIpc) is 3.78. The third-order valence-electron chi connectivity index (χ3n) is 8.12. The Morgan fingerprint density at radius 1 is 0.559 bits per heavy atom. The number of hydrogen-bond acceptors (Lipinski definition) is 11. The smallest absolute Gasteiger partial charge is 0.197 e. The van der Waals surface area contributed by atoms with Crippen LogP contribution in [-0.2, 0) is 0 Å². The van der Waals surface area contributed by atoms with E-state index >= 15 is 0 Å². The number of ketones is 3. The molecule has 12 heteroatoms. The molecule has 6 N–H and O–H groups in total. The Balaban J connectivity index is 0.000000196. The highest BCUT2D eigenvalue weighted by Gasteiger charge is 2.06. The summed E-state index contributed by atoms with van der Waals surface area (Å²) < 4.78 is 17.8. The van der Waals surface area contributed by atoms with Gasteiger partial charge in [0.15, 0.2) is 17.3 Å². The number of aryl methyl sites for hydroxylation is 3. The first-order chi connectivity index (χ1) is 28.3. The molecular weight excluding hydrogens is 770 g/mol. The number of ether oxygens (including phenoxy) is 1. The second-order valence-corrected chi connectivity index (χ2v) is 13.8. The summed E-state index contributed by atoms with van der Waals surface area (Å²) in [6, 6.07) is 31.5. The van der Waals surface area contributed by atoms with Gasteiger partial charge >= 0.3 is 0 Å². The summed E-state index contributed by atoms with van der Waals surface area (Å²) in [5.74, 6) is 0.220. The maximum absolute atomic E-state index is 12.7. The minimum absolute atomic E-state index is 0.0513. The average molecular weight is 814 g/mol. The largest absolute Gasteiger partial charge is 0.506 e. The number of thiophene rings is 1. The molecule has 0 saturated carbocycles. The number of anilines is 3. The van der Waals surface area contributed by atoms with Crippen molar-refractivity contribution in [2.24, 2.45) is 0 Å². The van der Waals surface area contributed by atoms with Gasteiger partial charge in [0, 0.05) is 48.0 Å². The third kappa shape index (κ3) is 14.5. The summed E-state index contributed by atoms with van der Waals surface area (Å²) in [5.41, 5.74) is 5.65. The molecule has 0 fully saturated rings. The highest BCUT2D eigenvalue weighted by Crippen LogP contribution is 2.26. The first-order valence-corrected chi connectivity index (χ1v) is 18.9. The lowest BCUT2D eigenvalue weighted by molar-refractivity contribution is 0.103. The Morgan fingerprint density at radius 3 is 1.46 bits per heavy atom. The van der Waals surface area contributed by atoms with E-state index in [-0.39, 0.29) is 40.4 Å². The molecule has 59 heavy (non-hydrogen) atoms. The first kappa shape index (κ1) is 44.3. The number of allylic oxidation sites excluding steroid dienone is 3. The number of hydrogen-bond donors (Lipinski definition) is 6. The molecule has 1 aromatic heterocycles. The number of carbonyl (C=O) groups excluding carboxylic acids is 3. The predicted molar refractivity (Wildman–Crippen MR) is 234 cm³/mol. The molecular formula is C47H44FN3O7S. The fourth-order valence-electron chi connectivity index (χ4n) is 5.00. The topological polar surface area (TPSA) is 157 Å². The van der Waals surface area contributed by atoms with Gasteiger partial charge in [-0.15, -0.1) is 11.3 Å². The molecule has 6 aromatic rings. The Kier molecular flexibility index (Phi) is 16.8. The van der Waals surface area contributed by atoms with E-state index in [1.165, 1.54) is 72.4 Å². The number of halogens is 1. The molecule has 0 aliphatic heterocycles. The second kappa shape index (κ2) is 22.3. The predicted octanol–water partition coefficient (Wildman–Crippen LogP) is 10.7. The molecule has 0 saturated heterocycles. The number of benzene rings is 5. The van der Waals surface area contributed by atoms with E-state index in [1.807, 2.05) is 50.4 Å². The monoisotopic (exact) mass is 813 g/mol. The fraction of sp³-hybridized carbons (Fsp3) is 0.0851. The van der Waals surface area contributed by atoms with E-state index < -0.39 is 0 Å². The van der Waals surface area contributed by atoms with E-state index in [0.29, 0.717) is 38.8 Å². The van der Waals surface area contributed by atoms with Crippen LogP contribution < -0.4 is 20.7 Å². The van der Waals surface area contributed by atoms with Crippen molar-refractivity contribution >= 4 is 45.7 Å². The Labute approximate surface area is 346 Å². The van der Waals surface area contributed by atoms with E-state index in [1.54, 1.807) is 73.8 Å². The zero-order valence-corrected chi connectivity index (χ0v) is 33.6. The molecule has 0 bridgehead atoms. The molecule has 6 rings (SSSR count). The zero-order chi connectivity index (χ0) is 42.7. The summed E-state index contributed by atoms with van der Waals surface area (Å²) >= 11 is 1.40. The quantitative estimate of drug-likeness (QED) is 0.0377. The van der Waals surface area contributed by atoms with Crippen molar-refractivity contribution in [3.05, 3.63) is 196 Å². The molecule has 1 heterocycles. The summed E-state index contributed by atoms with van der Waals surface area (Å²) in [6.07, 6.45) is 8.69. The van der Waals surface area contributed by atoms with Crippen molar-refractivity contribution < 1.29 is 38.8 Å². The summed E-state index contributed by atoms with van der Waals surface area (Å²) in [7, 11) is 1.56. The number of methoxy groups -OCH3 is 1. The van der Waals surface area contributed by atoms with Gasteiger partial charge in [-0.25, -0.2) is 4.39 Å². The first-order valence-electron chi connectivity index (χ1n) is 18.1. The van der Waals surface area contributed by atoms with Crippen LogP contribution in [0.3, 0.4) is 0 Å². The van der Waals surface area contributed by atoms with Gasteiger partial charge < -0.3 is 36.0 Å². The Bertz CT molecular complexity index is 2440. The molecule has 0 aliphatic carbocycles. The number of phenols is 3. The zero-order valence-electron chi connectivity index (χ0n) is 32.8. The van der Waals surface area contributed by atoms with Crippen molar-refractivity contribution in [2.75, 3.05) is 23.1 Å². The van der Waals surface area contributed by atoms with Gasteiger partial charge in [0.2, 0.25) is 0 Å². The number of phenolic OH excluding ortho intramolecular Hbond substituents is 3. The standard InChI is InChI=1S/C17H17NO3.C16H14FNO2.C14H13NO2S/c1-12-6-7-17(20)15(10-12)18-9-8-16(19)13-4-3-5-14(11-13)21-2;1-11-2-7-16(20)14(10-11)18-9-8-15(19)12-3-5-13(17)6-4-12;1-10-4-5-12(16)11(9-10)15-7-6-13(17)14-3-2-8-18-14/h3-11,18,20H,1-2H3;2-10,18,20H,1H3;2-9,15-16H,1H3/b2*9-8+;7-6+. The molecule has 0 aliphatic rings. The van der Waals surface area contributed by atoms with E-state index in [0.717, 1.165) is 16.7 Å². The minimum Gasteiger partial charge on any atom is -0.506 e. The maximum Gasteiger partial charge on any atom is 0.197 e. The minimum atomic E-state index is -0.381. The fourth-order valence-corrected chi connectivity index (χ4v) is 5.65. The summed E-state index contributed by atoms with van der Waals surface area (Å²) in [4.78, 5) is 36.2. The van der Waals surface area contributed by atoms with E-state index in [9.17, 15) is 34.1 Å². The van der Waals surface area contributed by atoms with Crippen LogP contribution in [0.1, 0.15) is 47.1 Å². The lowest BCUT2D eigenvalue weighted by Crippen LogP contribution is -1.97. The van der Waals surface area contributed by atoms with Crippen LogP contribution in [-0.4, -0.2) is 39.8 Å². The SMILES string of the molecule is COc1cccc(C(=O)/C=C/Nc2cc(C)ccc2O)c1.Cc1ccc(O)c(N/C=C/C(=O)c2ccc(F)cc2)c1.Cc1ccc(O)c(N/C=C/C(=O)c2cccs2)c1.